The summed E-state index contributed by atoms with van der Waals surface area (Å²) in [5, 5.41) is 1.04. The van der Waals surface area contributed by atoms with Crippen LogP contribution < -0.4 is 10.6 Å². The van der Waals surface area contributed by atoms with Crippen LogP contribution in [0.3, 0.4) is 0 Å². The Kier molecular flexibility index (Phi) is 4.79. The first kappa shape index (κ1) is 14.6. The summed E-state index contributed by atoms with van der Waals surface area (Å²) in [5.41, 5.74) is 9.01. The fourth-order valence-electron chi connectivity index (χ4n) is 2.46. The molecule has 1 heterocycles. The van der Waals surface area contributed by atoms with E-state index in [9.17, 15) is 0 Å². The van der Waals surface area contributed by atoms with Crippen molar-refractivity contribution in [1.82, 2.24) is 9.88 Å². The first-order chi connectivity index (χ1) is 9.63. The van der Waals surface area contributed by atoms with Crippen molar-refractivity contribution >= 4 is 22.3 Å². The molecule has 0 bridgehead atoms. The number of pyridine rings is 1. The second kappa shape index (κ2) is 6.57. The van der Waals surface area contributed by atoms with E-state index in [1.807, 2.05) is 24.4 Å². The number of hydrogen-bond acceptors (Lipinski definition) is 4. The molecular formula is C16H24N4. The normalized spacial score (nSPS) is 11.2. The smallest absolute Gasteiger partial charge is 0.0955 e. The monoisotopic (exact) mass is 272 g/mol. The van der Waals surface area contributed by atoms with Gasteiger partial charge in [-0.1, -0.05) is 0 Å². The lowest BCUT2D eigenvalue weighted by molar-refractivity contribution is 0.400. The molecule has 0 saturated carbocycles. The molecule has 0 aliphatic rings. The first-order valence-corrected chi connectivity index (χ1v) is 7.16. The SMILES string of the molecule is CCN(CCCN(C)C)c1ccc(N)c2cccnc12. The number of anilines is 2. The quantitative estimate of drug-likeness (QED) is 0.821. The fraction of sp³-hybridized carbons (Fsp3) is 0.438. The van der Waals surface area contributed by atoms with E-state index in [1.54, 1.807) is 0 Å². The van der Waals surface area contributed by atoms with Crippen molar-refractivity contribution in [2.24, 2.45) is 0 Å². The Balaban J connectivity index is 2.28. The molecule has 1 aromatic carbocycles. The van der Waals surface area contributed by atoms with Gasteiger partial charge < -0.3 is 15.5 Å². The molecular weight excluding hydrogens is 248 g/mol. The fourth-order valence-corrected chi connectivity index (χ4v) is 2.46. The maximum atomic E-state index is 6.04. The Hall–Kier alpha value is -1.81. The number of nitrogen functional groups attached to an aromatic ring is 1. The van der Waals surface area contributed by atoms with Crippen molar-refractivity contribution in [3.05, 3.63) is 30.5 Å². The van der Waals surface area contributed by atoms with Crippen LogP contribution in [-0.4, -0.2) is 43.6 Å². The predicted molar refractivity (Wildman–Crippen MR) is 87.2 cm³/mol. The van der Waals surface area contributed by atoms with Gasteiger partial charge in [-0.25, -0.2) is 0 Å². The van der Waals surface area contributed by atoms with E-state index in [-0.39, 0.29) is 0 Å². The lowest BCUT2D eigenvalue weighted by atomic mass is 10.1. The summed E-state index contributed by atoms with van der Waals surface area (Å²) in [6.07, 6.45) is 2.97. The van der Waals surface area contributed by atoms with Gasteiger partial charge in [0.1, 0.15) is 0 Å². The van der Waals surface area contributed by atoms with Crippen LogP contribution in [0.2, 0.25) is 0 Å². The van der Waals surface area contributed by atoms with Gasteiger partial charge in [-0.15, -0.1) is 0 Å². The molecule has 0 unspecified atom stereocenters. The molecule has 108 valence electrons. The van der Waals surface area contributed by atoms with Gasteiger partial charge in [-0.05, 0) is 58.3 Å². The minimum atomic E-state index is 0.793. The third-order valence-electron chi connectivity index (χ3n) is 3.54. The summed E-state index contributed by atoms with van der Waals surface area (Å²) < 4.78 is 0. The van der Waals surface area contributed by atoms with Gasteiger partial charge in [-0.2, -0.15) is 0 Å². The largest absolute Gasteiger partial charge is 0.398 e. The molecule has 4 nitrogen and oxygen atoms in total. The second-order valence-corrected chi connectivity index (χ2v) is 5.31. The Bertz CT molecular complexity index is 565. The first-order valence-electron chi connectivity index (χ1n) is 7.16. The number of nitrogens with zero attached hydrogens (tertiary/aromatic N) is 3. The highest BCUT2D eigenvalue weighted by Crippen LogP contribution is 2.29. The number of rotatable bonds is 6. The van der Waals surface area contributed by atoms with Crippen molar-refractivity contribution in [1.29, 1.82) is 0 Å². The molecule has 2 rings (SSSR count). The van der Waals surface area contributed by atoms with Gasteiger partial charge in [-0.3, -0.25) is 4.98 Å². The van der Waals surface area contributed by atoms with Crippen LogP contribution in [0.4, 0.5) is 11.4 Å². The van der Waals surface area contributed by atoms with Crippen LogP contribution in [0.15, 0.2) is 30.5 Å². The van der Waals surface area contributed by atoms with Gasteiger partial charge in [0, 0.05) is 30.4 Å². The molecule has 2 aromatic rings. The van der Waals surface area contributed by atoms with Gasteiger partial charge in [0.25, 0.3) is 0 Å². The van der Waals surface area contributed by atoms with E-state index in [1.165, 1.54) is 5.69 Å². The lowest BCUT2D eigenvalue weighted by Crippen LogP contribution is -2.27. The molecule has 20 heavy (non-hydrogen) atoms. The summed E-state index contributed by atoms with van der Waals surface area (Å²) in [4.78, 5) is 9.11. The van der Waals surface area contributed by atoms with E-state index in [0.29, 0.717) is 0 Å². The van der Waals surface area contributed by atoms with Crippen molar-refractivity contribution in [3.63, 3.8) is 0 Å². The van der Waals surface area contributed by atoms with E-state index >= 15 is 0 Å². The van der Waals surface area contributed by atoms with E-state index in [2.05, 4.69) is 41.9 Å². The lowest BCUT2D eigenvalue weighted by Gasteiger charge is -2.25. The zero-order valence-corrected chi connectivity index (χ0v) is 12.6. The molecule has 1 aromatic heterocycles. The van der Waals surface area contributed by atoms with Crippen LogP contribution in [0, 0.1) is 0 Å². The van der Waals surface area contributed by atoms with Crippen molar-refractivity contribution < 1.29 is 0 Å². The van der Waals surface area contributed by atoms with Crippen LogP contribution in [0.25, 0.3) is 10.9 Å². The molecule has 0 aliphatic carbocycles. The minimum absolute atomic E-state index is 0.793. The highest BCUT2D eigenvalue weighted by Gasteiger charge is 2.11. The van der Waals surface area contributed by atoms with Crippen LogP contribution in [0.1, 0.15) is 13.3 Å². The maximum Gasteiger partial charge on any atom is 0.0955 e. The molecule has 0 fully saturated rings. The standard InChI is InChI=1S/C16H24N4/c1-4-20(12-6-11-19(2)3)15-9-8-14(17)13-7-5-10-18-16(13)15/h5,7-10H,4,6,11-12,17H2,1-3H3. The molecule has 0 saturated heterocycles. The third-order valence-corrected chi connectivity index (χ3v) is 3.54. The van der Waals surface area contributed by atoms with Crippen LogP contribution in [0.5, 0.6) is 0 Å². The number of nitrogens with two attached hydrogens (primary N) is 1. The van der Waals surface area contributed by atoms with E-state index in [0.717, 1.165) is 42.6 Å². The molecule has 0 radical (unpaired) electrons. The molecule has 0 atom stereocenters. The summed E-state index contributed by atoms with van der Waals surface area (Å²) in [5.74, 6) is 0. The van der Waals surface area contributed by atoms with Crippen LogP contribution in [-0.2, 0) is 0 Å². The molecule has 2 N–H and O–H groups in total. The summed E-state index contributed by atoms with van der Waals surface area (Å²) in [6, 6.07) is 8.04. The van der Waals surface area contributed by atoms with Crippen LogP contribution >= 0.6 is 0 Å². The van der Waals surface area contributed by atoms with Gasteiger partial charge in [0.05, 0.1) is 11.2 Å². The zero-order valence-electron chi connectivity index (χ0n) is 12.6. The van der Waals surface area contributed by atoms with Gasteiger partial charge in [0.2, 0.25) is 0 Å². The Labute approximate surface area is 121 Å². The number of fused-ring (bicyclic) bond motifs is 1. The second-order valence-electron chi connectivity index (χ2n) is 5.31. The minimum Gasteiger partial charge on any atom is -0.398 e. The molecule has 0 aliphatic heterocycles. The zero-order chi connectivity index (χ0) is 14.5. The Morgan fingerprint density at radius 1 is 1.15 bits per heavy atom. The van der Waals surface area contributed by atoms with Gasteiger partial charge in [0.15, 0.2) is 0 Å². The topological polar surface area (TPSA) is 45.4 Å². The van der Waals surface area contributed by atoms with Crippen molar-refractivity contribution in [3.8, 4) is 0 Å². The van der Waals surface area contributed by atoms with Crippen molar-refractivity contribution in [2.45, 2.75) is 13.3 Å². The Morgan fingerprint density at radius 2 is 1.95 bits per heavy atom. The molecule has 0 spiro atoms. The number of benzene rings is 1. The predicted octanol–water partition coefficient (Wildman–Crippen LogP) is 2.60. The summed E-state index contributed by atoms with van der Waals surface area (Å²) in [6.45, 7) is 5.28. The number of aromatic nitrogens is 1. The summed E-state index contributed by atoms with van der Waals surface area (Å²) in [7, 11) is 4.22. The average molecular weight is 272 g/mol. The van der Waals surface area contributed by atoms with E-state index < -0.39 is 0 Å². The maximum absolute atomic E-state index is 6.04. The van der Waals surface area contributed by atoms with Crippen molar-refractivity contribution in [2.75, 3.05) is 44.4 Å². The Morgan fingerprint density at radius 3 is 2.65 bits per heavy atom. The van der Waals surface area contributed by atoms with E-state index in [4.69, 9.17) is 5.73 Å². The number of hydrogen-bond donors (Lipinski definition) is 1. The summed E-state index contributed by atoms with van der Waals surface area (Å²) >= 11 is 0. The van der Waals surface area contributed by atoms with Gasteiger partial charge >= 0.3 is 0 Å². The molecule has 0 amide bonds. The highest BCUT2D eigenvalue weighted by atomic mass is 15.1. The average Bonchev–Trinajstić information content (AvgIpc) is 2.45. The highest BCUT2D eigenvalue weighted by molar-refractivity contribution is 5.98. The molecule has 4 heteroatoms. The third kappa shape index (κ3) is 3.20.